The Morgan fingerprint density at radius 2 is 2.00 bits per heavy atom. The summed E-state index contributed by atoms with van der Waals surface area (Å²) < 4.78 is 1.94. The van der Waals surface area contributed by atoms with Crippen molar-refractivity contribution in [3.05, 3.63) is 57.8 Å². The molecule has 0 fully saturated rings. The van der Waals surface area contributed by atoms with Gasteiger partial charge in [0.2, 0.25) is 0 Å². The first-order chi connectivity index (χ1) is 8.09. The molecule has 0 saturated heterocycles. The molecule has 0 aliphatic heterocycles. The fourth-order valence-corrected chi connectivity index (χ4v) is 2.19. The zero-order valence-corrected chi connectivity index (χ0v) is 11.2. The molecule has 0 unspecified atom stereocenters. The highest BCUT2D eigenvalue weighted by atomic mass is 35.5. The van der Waals surface area contributed by atoms with E-state index in [4.69, 9.17) is 41.2 Å². The standard InChI is InChI=1S/C12H10Cl2N2S/c13-9-4-1-3-8(11(9)14)7-16-6-2-5-10(16)12(15)17/h1-6H,7H2,(H2,15,17). The zero-order chi connectivity index (χ0) is 12.4. The Balaban J connectivity index is 2.35. The topological polar surface area (TPSA) is 30.9 Å². The van der Waals surface area contributed by atoms with E-state index >= 15 is 0 Å². The first kappa shape index (κ1) is 12.4. The Morgan fingerprint density at radius 1 is 1.24 bits per heavy atom. The lowest BCUT2D eigenvalue weighted by molar-refractivity contribution is 0.799. The van der Waals surface area contributed by atoms with Gasteiger partial charge < -0.3 is 10.3 Å². The average Bonchev–Trinajstić information content (AvgIpc) is 2.73. The fourth-order valence-electron chi connectivity index (χ4n) is 1.63. The van der Waals surface area contributed by atoms with Crippen molar-refractivity contribution < 1.29 is 0 Å². The number of rotatable bonds is 3. The summed E-state index contributed by atoms with van der Waals surface area (Å²) in [6, 6.07) is 9.33. The van der Waals surface area contributed by atoms with Crippen LogP contribution in [0.1, 0.15) is 11.3 Å². The smallest absolute Gasteiger partial charge is 0.120 e. The number of hydrogen-bond donors (Lipinski definition) is 1. The molecular formula is C12H10Cl2N2S. The van der Waals surface area contributed by atoms with E-state index in [1.165, 1.54) is 0 Å². The van der Waals surface area contributed by atoms with Crippen molar-refractivity contribution in [2.75, 3.05) is 0 Å². The van der Waals surface area contributed by atoms with Crippen molar-refractivity contribution in [1.29, 1.82) is 0 Å². The summed E-state index contributed by atoms with van der Waals surface area (Å²) in [4.78, 5) is 0.369. The summed E-state index contributed by atoms with van der Waals surface area (Å²) in [6.07, 6.45) is 1.91. The molecule has 17 heavy (non-hydrogen) atoms. The molecule has 0 saturated carbocycles. The van der Waals surface area contributed by atoms with Crippen molar-refractivity contribution in [1.82, 2.24) is 4.57 Å². The second-order valence-corrected chi connectivity index (χ2v) is 4.82. The fraction of sp³-hybridized carbons (Fsp3) is 0.0833. The van der Waals surface area contributed by atoms with E-state index < -0.39 is 0 Å². The van der Waals surface area contributed by atoms with Gasteiger partial charge in [0.1, 0.15) is 4.99 Å². The predicted molar refractivity (Wildman–Crippen MR) is 75.9 cm³/mol. The molecule has 2 N–H and O–H groups in total. The van der Waals surface area contributed by atoms with Crippen LogP contribution in [0.15, 0.2) is 36.5 Å². The van der Waals surface area contributed by atoms with Gasteiger partial charge in [0, 0.05) is 12.7 Å². The molecule has 2 nitrogen and oxygen atoms in total. The molecule has 0 aliphatic carbocycles. The molecule has 1 aromatic carbocycles. The van der Waals surface area contributed by atoms with Crippen LogP contribution in [0.3, 0.4) is 0 Å². The normalized spacial score (nSPS) is 10.5. The zero-order valence-electron chi connectivity index (χ0n) is 8.86. The van der Waals surface area contributed by atoms with E-state index in [-0.39, 0.29) is 0 Å². The Kier molecular flexibility index (Phi) is 3.72. The van der Waals surface area contributed by atoms with Gasteiger partial charge in [-0.25, -0.2) is 0 Å². The number of thiocarbonyl (C=S) groups is 1. The van der Waals surface area contributed by atoms with Crippen LogP contribution in [0, 0.1) is 0 Å². The third-order valence-electron chi connectivity index (χ3n) is 2.45. The maximum Gasteiger partial charge on any atom is 0.120 e. The second kappa shape index (κ2) is 5.08. The Morgan fingerprint density at radius 3 is 2.71 bits per heavy atom. The van der Waals surface area contributed by atoms with Crippen molar-refractivity contribution in [3.8, 4) is 0 Å². The molecule has 2 rings (SSSR count). The minimum atomic E-state index is 0.369. The average molecular weight is 285 g/mol. The Labute approximate surface area is 115 Å². The molecule has 0 atom stereocenters. The van der Waals surface area contributed by atoms with Crippen LogP contribution < -0.4 is 5.73 Å². The Bertz CT molecular complexity index is 563. The van der Waals surface area contributed by atoms with Crippen molar-refractivity contribution in [2.24, 2.45) is 5.73 Å². The van der Waals surface area contributed by atoms with Gasteiger partial charge in [-0.05, 0) is 23.8 Å². The van der Waals surface area contributed by atoms with Gasteiger partial charge in [0.15, 0.2) is 0 Å². The van der Waals surface area contributed by atoms with Crippen LogP contribution in [-0.4, -0.2) is 9.56 Å². The van der Waals surface area contributed by atoms with Crippen LogP contribution in [-0.2, 0) is 6.54 Å². The monoisotopic (exact) mass is 284 g/mol. The maximum absolute atomic E-state index is 6.13. The van der Waals surface area contributed by atoms with Crippen LogP contribution in [0.4, 0.5) is 0 Å². The molecule has 0 bridgehead atoms. The lowest BCUT2D eigenvalue weighted by Crippen LogP contribution is -2.15. The quantitative estimate of drug-likeness (QED) is 0.875. The summed E-state index contributed by atoms with van der Waals surface area (Å²) in [7, 11) is 0. The van der Waals surface area contributed by atoms with Gasteiger partial charge in [-0.2, -0.15) is 0 Å². The van der Waals surface area contributed by atoms with Gasteiger partial charge in [0.05, 0.1) is 15.7 Å². The third kappa shape index (κ3) is 2.63. The van der Waals surface area contributed by atoms with E-state index in [0.717, 1.165) is 11.3 Å². The van der Waals surface area contributed by atoms with Crippen LogP contribution >= 0.6 is 35.4 Å². The molecule has 0 amide bonds. The van der Waals surface area contributed by atoms with Crippen molar-refractivity contribution >= 4 is 40.4 Å². The second-order valence-electron chi connectivity index (χ2n) is 3.60. The molecule has 2 aromatic rings. The predicted octanol–water partition coefficient (Wildman–Crippen LogP) is 3.48. The summed E-state index contributed by atoms with van der Waals surface area (Å²) in [5.41, 5.74) is 7.39. The SMILES string of the molecule is NC(=S)c1cccn1Cc1cccc(Cl)c1Cl. The number of hydrogen-bond acceptors (Lipinski definition) is 1. The summed E-state index contributed by atoms with van der Waals surface area (Å²) in [5, 5.41) is 1.12. The molecule has 1 heterocycles. The largest absolute Gasteiger partial charge is 0.388 e. The van der Waals surface area contributed by atoms with Crippen LogP contribution in [0.2, 0.25) is 10.0 Å². The van der Waals surface area contributed by atoms with Crippen molar-refractivity contribution in [3.63, 3.8) is 0 Å². The number of nitrogens with two attached hydrogens (primary N) is 1. The molecule has 0 radical (unpaired) electrons. The van der Waals surface area contributed by atoms with E-state index in [9.17, 15) is 0 Å². The highest BCUT2D eigenvalue weighted by Crippen LogP contribution is 2.26. The van der Waals surface area contributed by atoms with Crippen molar-refractivity contribution in [2.45, 2.75) is 6.54 Å². The highest BCUT2D eigenvalue weighted by molar-refractivity contribution is 7.80. The molecule has 0 aliphatic rings. The highest BCUT2D eigenvalue weighted by Gasteiger charge is 2.08. The number of halogens is 2. The van der Waals surface area contributed by atoms with Gasteiger partial charge in [-0.15, -0.1) is 0 Å². The first-order valence-corrected chi connectivity index (χ1v) is 6.14. The summed E-state index contributed by atoms with van der Waals surface area (Å²) in [5.74, 6) is 0. The van der Waals surface area contributed by atoms with Crippen LogP contribution in [0.25, 0.3) is 0 Å². The number of nitrogens with zero attached hydrogens (tertiary/aromatic N) is 1. The van der Waals surface area contributed by atoms with Crippen LogP contribution in [0.5, 0.6) is 0 Å². The van der Waals surface area contributed by atoms with E-state index in [1.807, 2.05) is 35.0 Å². The van der Waals surface area contributed by atoms with Gasteiger partial charge in [-0.1, -0.05) is 47.6 Å². The third-order valence-corrected chi connectivity index (χ3v) is 3.52. The lowest BCUT2D eigenvalue weighted by Gasteiger charge is -2.10. The van der Waals surface area contributed by atoms with E-state index in [2.05, 4.69) is 0 Å². The molecular weight excluding hydrogens is 275 g/mol. The first-order valence-electron chi connectivity index (χ1n) is 4.97. The van der Waals surface area contributed by atoms with E-state index in [1.54, 1.807) is 6.07 Å². The lowest BCUT2D eigenvalue weighted by atomic mass is 10.2. The molecule has 88 valence electrons. The van der Waals surface area contributed by atoms with Gasteiger partial charge in [0.25, 0.3) is 0 Å². The maximum atomic E-state index is 6.13. The minimum absolute atomic E-state index is 0.369. The number of aromatic nitrogens is 1. The summed E-state index contributed by atoms with van der Waals surface area (Å²) in [6.45, 7) is 0.596. The Hall–Kier alpha value is -1.03. The van der Waals surface area contributed by atoms with E-state index in [0.29, 0.717) is 21.6 Å². The molecule has 0 spiro atoms. The van der Waals surface area contributed by atoms with Gasteiger partial charge in [-0.3, -0.25) is 0 Å². The molecule has 5 heteroatoms. The van der Waals surface area contributed by atoms with Gasteiger partial charge >= 0.3 is 0 Å². The minimum Gasteiger partial charge on any atom is -0.388 e. The summed E-state index contributed by atoms with van der Waals surface area (Å²) >= 11 is 17.1. The molecule has 1 aromatic heterocycles. The number of benzene rings is 1.